The Bertz CT molecular complexity index is 394. The van der Waals surface area contributed by atoms with Gasteiger partial charge in [-0.25, -0.2) is 0 Å². The zero-order chi connectivity index (χ0) is 19.9. The van der Waals surface area contributed by atoms with E-state index in [2.05, 4.69) is 20.8 Å². The second-order valence-corrected chi connectivity index (χ2v) is 23.2. The molecule has 0 unspecified atom stereocenters. The van der Waals surface area contributed by atoms with Gasteiger partial charge in [0.2, 0.25) is 0 Å². The molecule has 0 saturated heterocycles. The van der Waals surface area contributed by atoms with Crippen molar-refractivity contribution >= 4 is 26.0 Å². The van der Waals surface area contributed by atoms with Crippen molar-refractivity contribution in [1.82, 2.24) is 0 Å². The quantitative estimate of drug-likeness (QED) is 0.119. The van der Waals surface area contributed by atoms with Crippen LogP contribution < -0.4 is 0 Å². The molecule has 0 aromatic rings. The normalized spacial score (nSPS) is 13.2. The SMILES string of the molecule is CCC[CH2][Sn]([CH2]CCC)([CH2]CCC)/[C](=C\OCC)P(=O)(OCC)OCC. The van der Waals surface area contributed by atoms with Crippen molar-refractivity contribution in [2.75, 3.05) is 19.8 Å². The van der Waals surface area contributed by atoms with E-state index in [1.54, 1.807) is 0 Å². The van der Waals surface area contributed by atoms with E-state index in [-0.39, 0.29) is 0 Å². The number of rotatable bonds is 17. The zero-order valence-corrected chi connectivity index (χ0v) is 21.9. The molecular weight excluding hydrogens is 454 g/mol. The molecule has 0 amide bonds. The Kier molecular flexibility index (Phi) is 15.7. The monoisotopic (exact) mass is 498 g/mol. The fraction of sp³-hybridized carbons (Fsp3) is 0.900. The summed E-state index contributed by atoms with van der Waals surface area (Å²) in [4.78, 5) is 0. The van der Waals surface area contributed by atoms with Gasteiger partial charge in [0.15, 0.2) is 0 Å². The van der Waals surface area contributed by atoms with Crippen LogP contribution in [0.3, 0.4) is 0 Å². The summed E-state index contributed by atoms with van der Waals surface area (Å²) < 4.78 is 35.8. The molecular formula is C20H43O4PSn. The Hall–Kier alpha value is 0.489. The predicted molar refractivity (Wildman–Crippen MR) is 115 cm³/mol. The molecule has 0 aliphatic rings. The summed E-state index contributed by atoms with van der Waals surface area (Å²) in [6, 6.07) is 0. The number of unbranched alkanes of at least 4 members (excludes halogenated alkanes) is 3. The van der Waals surface area contributed by atoms with E-state index in [0.29, 0.717) is 19.8 Å². The first-order valence-corrected chi connectivity index (χ1v) is 19.7. The molecule has 156 valence electrons. The summed E-state index contributed by atoms with van der Waals surface area (Å²) >= 11 is -2.96. The van der Waals surface area contributed by atoms with Gasteiger partial charge >= 0.3 is 167 Å². The van der Waals surface area contributed by atoms with Crippen LogP contribution >= 0.6 is 7.60 Å². The summed E-state index contributed by atoms with van der Waals surface area (Å²) in [5, 5.41) is 0. The van der Waals surface area contributed by atoms with Crippen molar-refractivity contribution in [1.29, 1.82) is 0 Å². The molecule has 0 N–H and O–H groups in total. The van der Waals surface area contributed by atoms with Crippen molar-refractivity contribution < 1.29 is 18.3 Å². The van der Waals surface area contributed by atoms with Crippen LogP contribution in [0.15, 0.2) is 9.59 Å². The van der Waals surface area contributed by atoms with Gasteiger partial charge in [-0.1, -0.05) is 0 Å². The number of hydrogen-bond donors (Lipinski definition) is 0. The standard InChI is InChI=1S/C8H16O4P.3C4H9.Sn/c1-4-10-7-8-13(9,11-5-2)12-6-3;3*1-3-4-2;/h7H,4-6H2,1-3H3;3*1,3-4H2,2H3;. The average molecular weight is 497 g/mol. The molecule has 26 heavy (non-hydrogen) atoms. The van der Waals surface area contributed by atoms with Gasteiger partial charge in [-0.15, -0.1) is 0 Å². The molecule has 6 heteroatoms. The maximum absolute atomic E-state index is 13.8. The molecule has 0 bridgehead atoms. The van der Waals surface area contributed by atoms with Crippen LogP contribution in [-0.2, 0) is 18.3 Å². The van der Waals surface area contributed by atoms with Gasteiger partial charge in [0.1, 0.15) is 0 Å². The van der Waals surface area contributed by atoms with Crippen LogP contribution in [0.25, 0.3) is 0 Å². The Morgan fingerprint density at radius 1 is 0.769 bits per heavy atom. The van der Waals surface area contributed by atoms with Crippen LogP contribution in [0.5, 0.6) is 0 Å². The molecule has 0 atom stereocenters. The fourth-order valence-corrected chi connectivity index (χ4v) is 27.7. The van der Waals surface area contributed by atoms with E-state index in [1.807, 2.05) is 27.0 Å². The van der Waals surface area contributed by atoms with E-state index >= 15 is 0 Å². The Balaban J connectivity index is 6.19. The van der Waals surface area contributed by atoms with Crippen molar-refractivity contribution in [2.45, 2.75) is 93.4 Å². The fourth-order valence-electron chi connectivity index (χ4n) is 3.46. The molecule has 0 rings (SSSR count). The molecule has 4 nitrogen and oxygen atoms in total. The second kappa shape index (κ2) is 15.4. The van der Waals surface area contributed by atoms with E-state index in [9.17, 15) is 4.57 Å². The summed E-state index contributed by atoms with van der Waals surface area (Å²) in [5.41, 5.74) is 0. The number of hydrogen-bond acceptors (Lipinski definition) is 4. The molecule has 0 fully saturated rings. The summed E-state index contributed by atoms with van der Waals surface area (Å²) in [5.74, 6) is 0. The summed E-state index contributed by atoms with van der Waals surface area (Å²) in [6.07, 6.45) is 8.93. The van der Waals surface area contributed by atoms with Crippen LogP contribution in [0.1, 0.15) is 80.1 Å². The molecule has 0 aromatic carbocycles. The minimum atomic E-state index is -3.27. The van der Waals surface area contributed by atoms with Gasteiger partial charge in [-0.05, 0) is 0 Å². The number of ether oxygens (including phenoxy) is 1. The van der Waals surface area contributed by atoms with Gasteiger partial charge in [0.25, 0.3) is 0 Å². The molecule has 0 spiro atoms. The van der Waals surface area contributed by atoms with Crippen molar-refractivity contribution in [3.63, 3.8) is 0 Å². The molecule has 0 aliphatic carbocycles. The van der Waals surface area contributed by atoms with Crippen LogP contribution in [-0.4, -0.2) is 38.2 Å². The maximum atomic E-state index is 13.8. The zero-order valence-electron chi connectivity index (χ0n) is 18.1. The minimum absolute atomic E-state index is 0.401. The molecule has 0 heterocycles. The van der Waals surface area contributed by atoms with Gasteiger partial charge in [0, 0.05) is 0 Å². The van der Waals surface area contributed by atoms with Gasteiger partial charge in [0.05, 0.1) is 0 Å². The van der Waals surface area contributed by atoms with Crippen molar-refractivity contribution in [3.05, 3.63) is 9.59 Å². The van der Waals surface area contributed by atoms with Crippen molar-refractivity contribution in [2.24, 2.45) is 0 Å². The first kappa shape index (κ1) is 26.5. The third kappa shape index (κ3) is 8.66. The Labute approximate surface area is 166 Å². The van der Waals surface area contributed by atoms with E-state index in [0.717, 1.165) is 3.33 Å². The third-order valence-corrected chi connectivity index (χ3v) is 26.9. The van der Waals surface area contributed by atoms with Crippen LogP contribution in [0, 0.1) is 0 Å². The van der Waals surface area contributed by atoms with E-state index < -0.39 is 26.0 Å². The Morgan fingerprint density at radius 2 is 1.19 bits per heavy atom. The van der Waals surface area contributed by atoms with E-state index in [1.165, 1.54) is 51.8 Å². The first-order valence-electron chi connectivity index (χ1n) is 10.7. The van der Waals surface area contributed by atoms with E-state index in [4.69, 9.17) is 13.8 Å². The summed E-state index contributed by atoms with van der Waals surface area (Å²) in [7, 11) is -3.27. The molecule has 0 aromatic heterocycles. The summed E-state index contributed by atoms with van der Waals surface area (Å²) in [6.45, 7) is 13.9. The third-order valence-electron chi connectivity index (χ3n) is 4.82. The Morgan fingerprint density at radius 3 is 1.50 bits per heavy atom. The molecule has 0 saturated carbocycles. The average Bonchev–Trinajstić information content (AvgIpc) is 2.63. The topological polar surface area (TPSA) is 44.8 Å². The molecule has 0 radical (unpaired) electrons. The first-order chi connectivity index (χ1) is 12.5. The van der Waals surface area contributed by atoms with Crippen LogP contribution in [0.4, 0.5) is 0 Å². The van der Waals surface area contributed by atoms with Crippen LogP contribution in [0.2, 0.25) is 13.3 Å². The second-order valence-electron chi connectivity index (χ2n) is 6.88. The van der Waals surface area contributed by atoms with Crippen molar-refractivity contribution in [3.8, 4) is 0 Å². The van der Waals surface area contributed by atoms with Gasteiger partial charge < -0.3 is 0 Å². The molecule has 0 aliphatic heterocycles. The predicted octanol–water partition coefficient (Wildman–Crippen LogP) is 7.52. The van der Waals surface area contributed by atoms with Gasteiger partial charge in [-0.3, -0.25) is 0 Å². The van der Waals surface area contributed by atoms with Gasteiger partial charge in [-0.2, -0.15) is 0 Å².